The van der Waals surface area contributed by atoms with Gasteiger partial charge in [-0.3, -0.25) is 24.1 Å². The van der Waals surface area contributed by atoms with Crippen molar-refractivity contribution in [1.82, 2.24) is 19.6 Å². The second kappa shape index (κ2) is 11.1. The van der Waals surface area contributed by atoms with Crippen molar-refractivity contribution in [3.63, 3.8) is 0 Å². The van der Waals surface area contributed by atoms with Crippen LogP contribution >= 0.6 is 23.3 Å². The number of fused-ring (bicyclic) bond motifs is 1. The number of esters is 1. The predicted molar refractivity (Wildman–Crippen MR) is 130 cm³/mol. The number of carbonyl (C=O) groups is 6. The Kier molecular flexibility index (Phi) is 8.35. The van der Waals surface area contributed by atoms with E-state index in [2.05, 4.69) is 19.8 Å². The molecular formula is C20H22N6O10S2. The number of ether oxygens (including phenoxy) is 1. The molecule has 2 aliphatic heterocycles. The Bertz CT molecular complexity index is 1270. The Labute approximate surface area is 222 Å². The molecule has 0 spiro atoms. The molecule has 2 atom stereocenters. The third-order valence-corrected chi connectivity index (χ3v) is 6.97. The number of carboxylic acid groups (broad SMARTS) is 2. The summed E-state index contributed by atoms with van der Waals surface area (Å²) in [4.78, 5) is 81.7. The summed E-state index contributed by atoms with van der Waals surface area (Å²) < 4.78 is 8.83. The third-order valence-electron chi connectivity index (χ3n) is 5.09. The van der Waals surface area contributed by atoms with Gasteiger partial charge < -0.3 is 30.8 Å². The molecule has 1 unspecified atom stereocenters. The van der Waals surface area contributed by atoms with Gasteiger partial charge in [-0.05, 0) is 20.8 Å². The lowest BCUT2D eigenvalue weighted by Gasteiger charge is -2.49. The number of nitrogens with one attached hydrogen (secondary N) is 1. The molecular weight excluding hydrogens is 548 g/mol. The summed E-state index contributed by atoms with van der Waals surface area (Å²) >= 11 is 1.85. The highest BCUT2D eigenvalue weighted by atomic mass is 32.2. The van der Waals surface area contributed by atoms with Crippen molar-refractivity contribution < 1.29 is 48.6 Å². The lowest BCUT2D eigenvalue weighted by molar-refractivity contribution is -0.161. The molecule has 2 amide bonds. The first-order chi connectivity index (χ1) is 17.7. The van der Waals surface area contributed by atoms with Gasteiger partial charge in [0.15, 0.2) is 5.13 Å². The van der Waals surface area contributed by atoms with Gasteiger partial charge in [0.1, 0.15) is 35.9 Å². The molecule has 1 aromatic rings. The molecule has 1 aromatic heterocycles. The maximum Gasteiger partial charge on any atom is 0.352 e. The standard InChI is InChI=1S/C20H22N6O10S2/c1-7(27)4-9(28)35-5-8-6-37-16-11(15(30)26(16)12(8)17(31)32)22-14(29)10(13-23-19(21)38-25-13)24-36-20(2,3)18(33)34/h11,16H,4-6H2,1-3H3,(H,22,29)(H,31,32)(H,33,34)(H2,21,23,25)/b24-10+/t11?,16-/m1/s1. The molecule has 0 bridgehead atoms. The molecule has 38 heavy (non-hydrogen) atoms. The van der Waals surface area contributed by atoms with Gasteiger partial charge in [-0.15, -0.1) is 11.8 Å². The number of nitrogen functional groups attached to an aromatic ring is 1. The smallest absolute Gasteiger partial charge is 0.352 e. The minimum Gasteiger partial charge on any atom is -0.478 e. The number of ketones is 1. The lowest BCUT2D eigenvalue weighted by atomic mass is 10.0. The monoisotopic (exact) mass is 570 g/mol. The van der Waals surface area contributed by atoms with Crippen LogP contribution in [0.1, 0.15) is 33.0 Å². The van der Waals surface area contributed by atoms with Gasteiger partial charge in [-0.25, -0.2) is 9.59 Å². The normalized spacial score (nSPS) is 19.3. The number of nitrogens with two attached hydrogens (primary N) is 1. The molecule has 1 saturated heterocycles. The van der Waals surface area contributed by atoms with Crippen molar-refractivity contribution in [1.29, 1.82) is 0 Å². The van der Waals surface area contributed by atoms with Crippen LogP contribution in [-0.2, 0) is 38.3 Å². The van der Waals surface area contributed by atoms with E-state index in [1.165, 1.54) is 20.8 Å². The Morgan fingerprint density at radius 1 is 1.26 bits per heavy atom. The second-order valence-electron chi connectivity index (χ2n) is 8.46. The number of hydrogen-bond acceptors (Lipinski definition) is 14. The zero-order valence-corrected chi connectivity index (χ0v) is 21.8. The molecule has 1 fully saturated rings. The van der Waals surface area contributed by atoms with Crippen LogP contribution in [0.2, 0.25) is 0 Å². The van der Waals surface area contributed by atoms with Gasteiger partial charge in [0, 0.05) is 22.9 Å². The van der Waals surface area contributed by atoms with E-state index < -0.39 is 77.0 Å². The van der Waals surface area contributed by atoms with E-state index in [4.69, 9.17) is 15.3 Å². The number of anilines is 1. The summed E-state index contributed by atoms with van der Waals surface area (Å²) in [6.45, 7) is 3.15. The largest absolute Gasteiger partial charge is 0.478 e. The predicted octanol–water partition coefficient (Wildman–Crippen LogP) is -1.03. The fourth-order valence-electron chi connectivity index (χ4n) is 3.14. The summed E-state index contributed by atoms with van der Waals surface area (Å²) in [7, 11) is 0. The molecule has 3 rings (SSSR count). The summed E-state index contributed by atoms with van der Waals surface area (Å²) in [5.74, 6) is -6.05. The first-order valence-electron chi connectivity index (χ1n) is 10.7. The highest BCUT2D eigenvalue weighted by Crippen LogP contribution is 2.40. The van der Waals surface area contributed by atoms with Crippen LogP contribution in [-0.4, -0.2) is 95.1 Å². The van der Waals surface area contributed by atoms with Gasteiger partial charge in [-0.1, -0.05) is 5.16 Å². The second-order valence-corrected chi connectivity index (χ2v) is 10.3. The highest BCUT2D eigenvalue weighted by Gasteiger charge is 2.54. The van der Waals surface area contributed by atoms with Gasteiger partial charge in [-0.2, -0.15) is 9.36 Å². The molecule has 2 aliphatic rings. The number of carboxylic acids is 2. The van der Waals surface area contributed by atoms with Crippen LogP contribution in [0, 0.1) is 0 Å². The van der Waals surface area contributed by atoms with Crippen molar-refractivity contribution in [3.05, 3.63) is 17.1 Å². The molecule has 5 N–H and O–H groups in total. The Morgan fingerprint density at radius 2 is 1.95 bits per heavy atom. The minimum absolute atomic E-state index is 0.0144. The van der Waals surface area contributed by atoms with Crippen LogP contribution in [0.4, 0.5) is 5.13 Å². The van der Waals surface area contributed by atoms with E-state index in [1.807, 2.05) is 0 Å². The number of nitrogens with zero attached hydrogens (tertiary/aromatic N) is 4. The number of amides is 2. The summed E-state index contributed by atoms with van der Waals surface area (Å²) in [5, 5.41) is 24.1. The average Bonchev–Trinajstić information content (AvgIpc) is 3.25. The van der Waals surface area contributed by atoms with E-state index in [0.29, 0.717) is 0 Å². The number of aromatic nitrogens is 2. The van der Waals surface area contributed by atoms with E-state index in [-0.39, 0.29) is 22.3 Å². The number of hydrogen-bond donors (Lipinski definition) is 4. The molecule has 204 valence electrons. The zero-order valence-electron chi connectivity index (χ0n) is 20.1. The zero-order chi connectivity index (χ0) is 28.4. The fourth-order valence-corrected chi connectivity index (χ4v) is 4.90. The Morgan fingerprint density at radius 3 is 2.50 bits per heavy atom. The lowest BCUT2D eigenvalue weighted by Crippen LogP contribution is -2.71. The Hall–Kier alpha value is -4.06. The molecule has 0 radical (unpaired) electrons. The minimum atomic E-state index is -1.82. The molecule has 16 nitrogen and oxygen atoms in total. The number of β-lactam (4-membered cyclic amide) rings is 1. The first-order valence-corrected chi connectivity index (χ1v) is 12.5. The molecule has 0 aliphatic carbocycles. The summed E-state index contributed by atoms with van der Waals surface area (Å²) in [6.07, 6.45) is -0.473. The number of thioether (sulfide) groups is 1. The number of oxime groups is 1. The number of Topliss-reactive ketones (excluding diaryl/α,β-unsaturated/α-hetero) is 1. The molecule has 3 heterocycles. The van der Waals surface area contributed by atoms with Crippen molar-refractivity contribution in [2.75, 3.05) is 18.1 Å². The number of carbonyl (C=O) groups excluding carboxylic acids is 4. The van der Waals surface area contributed by atoms with Crippen molar-refractivity contribution >= 4 is 69.6 Å². The van der Waals surface area contributed by atoms with E-state index in [9.17, 15) is 39.0 Å². The van der Waals surface area contributed by atoms with Crippen molar-refractivity contribution in [2.24, 2.45) is 5.16 Å². The van der Waals surface area contributed by atoms with Gasteiger partial charge in [0.05, 0.1) is 0 Å². The first kappa shape index (κ1) is 28.5. The molecule has 18 heteroatoms. The highest BCUT2D eigenvalue weighted by molar-refractivity contribution is 8.00. The third kappa shape index (κ3) is 6.08. The maximum absolute atomic E-state index is 13.0. The van der Waals surface area contributed by atoms with E-state index in [1.54, 1.807) is 0 Å². The molecule has 0 aromatic carbocycles. The number of aliphatic carboxylic acids is 2. The Balaban J connectivity index is 1.79. The van der Waals surface area contributed by atoms with Crippen LogP contribution in [0.15, 0.2) is 16.4 Å². The van der Waals surface area contributed by atoms with Crippen LogP contribution < -0.4 is 11.1 Å². The van der Waals surface area contributed by atoms with Crippen LogP contribution in [0.5, 0.6) is 0 Å². The van der Waals surface area contributed by atoms with Gasteiger partial charge in [0.25, 0.3) is 11.8 Å². The topological polar surface area (TPSA) is 241 Å². The van der Waals surface area contributed by atoms with Crippen LogP contribution in [0.25, 0.3) is 0 Å². The van der Waals surface area contributed by atoms with Crippen molar-refractivity contribution in [3.8, 4) is 0 Å². The maximum atomic E-state index is 13.0. The van der Waals surface area contributed by atoms with Gasteiger partial charge in [0.2, 0.25) is 17.1 Å². The summed E-state index contributed by atoms with van der Waals surface area (Å²) in [6, 6.07) is -1.18. The van der Waals surface area contributed by atoms with Gasteiger partial charge >= 0.3 is 17.9 Å². The van der Waals surface area contributed by atoms with Crippen LogP contribution in [0.3, 0.4) is 0 Å². The summed E-state index contributed by atoms with van der Waals surface area (Å²) in [5.41, 5.74) is 2.95. The van der Waals surface area contributed by atoms with Crippen molar-refractivity contribution in [2.45, 2.75) is 44.2 Å². The van der Waals surface area contributed by atoms with E-state index in [0.717, 1.165) is 28.2 Å². The quantitative estimate of drug-likeness (QED) is 0.0817. The average molecular weight is 571 g/mol. The SMILES string of the molecule is CC(=O)CC(=O)OCC1=C(C(=O)O)N2C(=O)C(NC(=O)/C(=N/OC(C)(C)C(=O)O)c3nsc(N)n3)[C@H]2SC1. The van der Waals surface area contributed by atoms with E-state index >= 15 is 0 Å². The fraction of sp³-hybridized carbons (Fsp3) is 0.450. The molecule has 0 saturated carbocycles. The number of rotatable bonds is 11.